The quantitative estimate of drug-likeness (QED) is 0.706. The molecule has 0 amide bonds. The van der Waals surface area contributed by atoms with Crippen LogP contribution in [0.4, 0.5) is 5.82 Å². The highest BCUT2D eigenvalue weighted by molar-refractivity contribution is 7.15. The zero-order valence-electron chi connectivity index (χ0n) is 13.3. The zero-order chi connectivity index (χ0) is 16.8. The predicted molar refractivity (Wildman–Crippen MR) is 97.8 cm³/mol. The molecule has 0 aliphatic rings. The van der Waals surface area contributed by atoms with E-state index in [1.165, 1.54) is 6.20 Å². The predicted octanol–water partition coefficient (Wildman–Crippen LogP) is 3.57. The van der Waals surface area contributed by atoms with Gasteiger partial charge in [0.15, 0.2) is 0 Å². The smallest absolute Gasteiger partial charge is 0.131 e. The Morgan fingerprint density at radius 2 is 2.22 bits per heavy atom. The molecular weight excluding hydrogens is 306 g/mol. The minimum absolute atomic E-state index is 0.0708. The minimum atomic E-state index is -0.0708. The highest BCUT2D eigenvalue weighted by Crippen LogP contribution is 2.28. The minimum Gasteiger partial charge on any atom is -0.405 e. The Bertz CT molecular complexity index is 743. The van der Waals surface area contributed by atoms with Gasteiger partial charge in [0.1, 0.15) is 10.8 Å². The molecule has 0 saturated heterocycles. The molecule has 2 aromatic heterocycles. The van der Waals surface area contributed by atoms with Gasteiger partial charge in [0.05, 0.1) is 16.6 Å². The third-order valence-electron chi connectivity index (χ3n) is 2.96. The molecule has 120 valence electrons. The Balaban J connectivity index is 2.16. The first-order valence-electron chi connectivity index (χ1n) is 7.21. The Labute approximate surface area is 140 Å². The van der Waals surface area contributed by atoms with Gasteiger partial charge in [-0.25, -0.2) is 9.97 Å². The number of hydrogen-bond acceptors (Lipinski definition) is 6. The summed E-state index contributed by atoms with van der Waals surface area (Å²) in [7, 11) is 0. The Hall–Kier alpha value is -2.44. The molecule has 0 bridgehead atoms. The number of anilines is 1. The third kappa shape index (κ3) is 4.77. The number of aromatic nitrogens is 2. The topological polar surface area (TPSA) is 89.8 Å². The van der Waals surface area contributed by atoms with Crippen molar-refractivity contribution in [3.63, 3.8) is 0 Å². The van der Waals surface area contributed by atoms with Crippen LogP contribution in [0.3, 0.4) is 0 Å². The first-order chi connectivity index (χ1) is 11.0. The molecule has 0 saturated carbocycles. The lowest BCUT2D eigenvalue weighted by Gasteiger charge is -2.07. The number of nitrogens with zero attached hydrogens (tertiary/aromatic N) is 2. The highest BCUT2D eigenvalue weighted by Gasteiger charge is 2.09. The molecule has 0 aromatic carbocycles. The monoisotopic (exact) mass is 327 g/mol. The third-order valence-corrected chi connectivity index (χ3v) is 4.19. The number of allylic oxidation sites excluding steroid dienone is 3. The van der Waals surface area contributed by atoms with Gasteiger partial charge in [0, 0.05) is 11.9 Å². The lowest BCUT2D eigenvalue weighted by Crippen LogP contribution is -2.03. The van der Waals surface area contributed by atoms with Crippen molar-refractivity contribution < 1.29 is 0 Å². The molecule has 2 aromatic rings. The summed E-state index contributed by atoms with van der Waals surface area (Å²) in [4.78, 5) is 9.91. The standard InChI is InChI=1S/C17H21N5S/c1-11(7-8-18)9-12(2)21-16-6-4-5-14(22-16)15-10-20-17(23-15)13(3)19/h4-10,13H,2,18-19H2,1,3H3,(H,21,22)/b8-7-,11-9-/t13-/m0/s1. The van der Waals surface area contributed by atoms with E-state index in [0.29, 0.717) is 0 Å². The van der Waals surface area contributed by atoms with Gasteiger partial charge < -0.3 is 16.8 Å². The first kappa shape index (κ1) is 16.9. The number of pyridine rings is 1. The highest BCUT2D eigenvalue weighted by atomic mass is 32.1. The van der Waals surface area contributed by atoms with Crippen LogP contribution in [0.15, 0.2) is 60.6 Å². The van der Waals surface area contributed by atoms with Gasteiger partial charge in [-0.2, -0.15) is 0 Å². The van der Waals surface area contributed by atoms with Gasteiger partial charge in [0.2, 0.25) is 0 Å². The average Bonchev–Trinajstić information content (AvgIpc) is 2.97. The van der Waals surface area contributed by atoms with Crippen molar-refractivity contribution in [3.8, 4) is 10.6 Å². The SMILES string of the molecule is C=C(/C=C(C)\C=C/N)Nc1cccc(-c2cnc([C@H](C)N)s2)n1. The number of hydrogen-bond donors (Lipinski definition) is 3. The van der Waals surface area contributed by atoms with Gasteiger partial charge in [0.25, 0.3) is 0 Å². The molecule has 5 N–H and O–H groups in total. The van der Waals surface area contributed by atoms with E-state index in [4.69, 9.17) is 11.5 Å². The second-order valence-electron chi connectivity index (χ2n) is 5.16. The molecule has 0 fully saturated rings. The van der Waals surface area contributed by atoms with Gasteiger partial charge >= 0.3 is 0 Å². The normalized spacial score (nSPS) is 13.3. The van der Waals surface area contributed by atoms with Gasteiger partial charge in [-0.05, 0) is 49.9 Å². The van der Waals surface area contributed by atoms with E-state index in [9.17, 15) is 0 Å². The van der Waals surface area contributed by atoms with E-state index in [2.05, 4.69) is 21.9 Å². The number of thiazole rings is 1. The summed E-state index contributed by atoms with van der Waals surface area (Å²) in [5.74, 6) is 0.726. The van der Waals surface area contributed by atoms with E-state index in [-0.39, 0.29) is 6.04 Å². The summed E-state index contributed by atoms with van der Waals surface area (Å²) in [5.41, 5.74) is 13.8. The largest absolute Gasteiger partial charge is 0.405 e. The van der Waals surface area contributed by atoms with Crippen molar-refractivity contribution in [3.05, 3.63) is 65.6 Å². The number of rotatable bonds is 6. The van der Waals surface area contributed by atoms with E-state index < -0.39 is 0 Å². The van der Waals surface area contributed by atoms with Crippen molar-refractivity contribution in [2.45, 2.75) is 19.9 Å². The van der Waals surface area contributed by atoms with Crippen molar-refractivity contribution >= 4 is 17.2 Å². The maximum Gasteiger partial charge on any atom is 0.131 e. The fourth-order valence-corrected chi connectivity index (χ4v) is 2.77. The summed E-state index contributed by atoms with van der Waals surface area (Å²) >= 11 is 1.56. The summed E-state index contributed by atoms with van der Waals surface area (Å²) in [6, 6.07) is 5.72. The van der Waals surface area contributed by atoms with Crippen molar-refractivity contribution in [2.24, 2.45) is 11.5 Å². The molecule has 1 atom stereocenters. The maximum atomic E-state index is 5.85. The van der Waals surface area contributed by atoms with Crippen LogP contribution >= 0.6 is 11.3 Å². The summed E-state index contributed by atoms with van der Waals surface area (Å²) in [5, 5.41) is 4.07. The molecule has 0 unspecified atom stereocenters. The summed E-state index contributed by atoms with van der Waals surface area (Å²) in [6.45, 7) is 7.84. The van der Waals surface area contributed by atoms with Gasteiger partial charge in [-0.15, -0.1) is 11.3 Å². The first-order valence-corrected chi connectivity index (χ1v) is 8.02. The van der Waals surface area contributed by atoms with Crippen LogP contribution in [-0.2, 0) is 0 Å². The molecular formula is C17H21N5S. The lowest BCUT2D eigenvalue weighted by atomic mass is 10.2. The molecule has 6 heteroatoms. The van der Waals surface area contributed by atoms with Crippen molar-refractivity contribution in [1.29, 1.82) is 0 Å². The van der Waals surface area contributed by atoms with Gasteiger partial charge in [-0.1, -0.05) is 12.6 Å². The van der Waals surface area contributed by atoms with Crippen LogP contribution in [0.2, 0.25) is 0 Å². The average molecular weight is 327 g/mol. The van der Waals surface area contributed by atoms with Crippen molar-refractivity contribution in [2.75, 3.05) is 5.32 Å². The molecule has 0 aliphatic heterocycles. The summed E-state index contributed by atoms with van der Waals surface area (Å²) < 4.78 is 0. The van der Waals surface area contributed by atoms with Crippen LogP contribution in [0.25, 0.3) is 10.6 Å². The van der Waals surface area contributed by atoms with Gasteiger partial charge in [-0.3, -0.25) is 0 Å². The van der Waals surface area contributed by atoms with Crippen LogP contribution in [0.1, 0.15) is 24.9 Å². The molecule has 2 heterocycles. The van der Waals surface area contributed by atoms with Crippen LogP contribution < -0.4 is 16.8 Å². The second-order valence-corrected chi connectivity index (χ2v) is 6.22. The fourth-order valence-electron chi connectivity index (χ4n) is 1.93. The fraction of sp³-hybridized carbons (Fsp3) is 0.176. The van der Waals surface area contributed by atoms with E-state index in [1.54, 1.807) is 17.5 Å². The molecule has 0 radical (unpaired) electrons. The Morgan fingerprint density at radius 1 is 1.43 bits per heavy atom. The number of nitrogens with two attached hydrogens (primary N) is 2. The van der Waals surface area contributed by atoms with E-state index in [0.717, 1.165) is 32.7 Å². The zero-order valence-corrected chi connectivity index (χ0v) is 14.1. The number of nitrogens with one attached hydrogen (secondary N) is 1. The molecule has 5 nitrogen and oxygen atoms in total. The Morgan fingerprint density at radius 3 is 2.87 bits per heavy atom. The van der Waals surface area contributed by atoms with Crippen LogP contribution in [0, 0.1) is 0 Å². The van der Waals surface area contributed by atoms with E-state index >= 15 is 0 Å². The van der Waals surface area contributed by atoms with Crippen LogP contribution in [0.5, 0.6) is 0 Å². The second kappa shape index (κ2) is 7.71. The molecule has 0 aliphatic carbocycles. The summed E-state index contributed by atoms with van der Waals surface area (Å²) in [6.07, 6.45) is 7.01. The van der Waals surface area contributed by atoms with Crippen molar-refractivity contribution in [1.82, 2.24) is 9.97 Å². The molecule has 23 heavy (non-hydrogen) atoms. The molecule has 2 rings (SSSR count). The van der Waals surface area contributed by atoms with Crippen LogP contribution in [-0.4, -0.2) is 9.97 Å². The lowest BCUT2D eigenvalue weighted by molar-refractivity contribution is 0.807. The Kier molecular flexibility index (Phi) is 5.67. The van der Waals surface area contributed by atoms with E-state index in [1.807, 2.05) is 44.2 Å². The maximum absolute atomic E-state index is 5.85. The molecule has 0 spiro atoms.